The number of anilines is 3. The lowest BCUT2D eigenvalue weighted by Crippen LogP contribution is -2.49. The van der Waals surface area contributed by atoms with Crippen LogP contribution in [0.4, 0.5) is 17.2 Å². The topological polar surface area (TPSA) is 117 Å². The number of rotatable bonds is 15. The number of hydrogen-bond acceptors (Lipinski definition) is 11. The van der Waals surface area contributed by atoms with Gasteiger partial charge < -0.3 is 25.0 Å². The molecule has 0 aliphatic carbocycles. The predicted octanol–water partition coefficient (Wildman–Crippen LogP) is 8.94. The van der Waals surface area contributed by atoms with Crippen molar-refractivity contribution in [2.24, 2.45) is 26.3 Å². The number of fused-ring (bicyclic) bond motifs is 1. The quantitative estimate of drug-likeness (QED) is 0.0794. The number of aromatic nitrogens is 4. The molecular formula is C51H62N12. The fraction of sp³-hybridized carbons (Fsp3) is 0.373. The van der Waals surface area contributed by atoms with E-state index >= 15 is 0 Å². The number of piperazine rings is 1. The maximum atomic E-state index is 4.94. The van der Waals surface area contributed by atoms with Crippen molar-refractivity contribution in [3.05, 3.63) is 122 Å². The van der Waals surface area contributed by atoms with Gasteiger partial charge in [-0.05, 0) is 91.8 Å². The van der Waals surface area contributed by atoms with Crippen LogP contribution in [0.3, 0.4) is 0 Å². The number of aliphatic imine (C=N–C) groups is 3. The van der Waals surface area contributed by atoms with Crippen molar-refractivity contribution < 1.29 is 0 Å². The molecule has 0 unspecified atom stereocenters. The number of piperidine rings is 1. The summed E-state index contributed by atoms with van der Waals surface area (Å²) in [5.41, 5.74) is 10.8. The van der Waals surface area contributed by atoms with Crippen LogP contribution in [-0.2, 0) is 0 Å². The van der Waals surface area contributed by atoms with Gasteiger partial charge in [-0.2, -0.15) is 0 Å². The molecular weight excluding hydrogens is 781 g/mol. The molecule has 3 aromatic heterocycles. The molecule has 5 aromatic rings. The van der Waals surface area contributed by atoms with Crippen LogP contribution in [-0.4, -0.2) is 109 Å². The van der Waals surface area contributed by atoms with Crippen LogP contribution in [0.1, 0.15) is 51.2 Å². The third-order valence-electron chi connectivity index (χ3n) is 12.7. The van der Waals surface area contributed by atoms with Gasteiger partial charge in [0.1, 0.15) is 23.5 Å². The first-order valence-electron chi connectivity index (χ1n) is 22.3. The van der Waals surface area contributed by atoms with E-state index in [1.54, 1.807) is 6.33 Å². The van der Waals surface area contributed by atoms with E-state index in [9.17, 15) is 0 Å². The van der Waals surface area contributed by atoms with E-state index < -0.39 is 0 Å². The monoisotopic (exact) mass is 843 g/mol. The van der Waals surface area contributed by atoms with Gasteiger partial charge in [-0.25, -0.2) is 19.9 Å². The highest BCUT2D eigenvalue weighted by atomic mass is 15.3. The van der Waals surface area contributed by atoms with Crippen molar-refractivity contribution in [3.63, 3.8) is 0 Å². The van der Waals surface area contributed by atoms with Gasteiger partial charge in [0.15, 0.2) is 5.84 Å². The Kier molecular flexibility index (Phi) is 13.0. The summed E-state index contributed by atoms with van der Waals surface area (Å²) in [7, 11) is 1.92. The van der Waals surface area contributed by atoms with Crippen molar-refractivity contribution in [1.29, 1.82) is 0 Å². The minimum absolute atomic E-state index is 0.0256. The van der Waals surface area contributed by atoms with Gasteiger partial charge in [0.2, 0.25) is 0 Å². The minimum Gasteiger partial charge on any atom is -0.375 e. The molecule has 6 heterocycles. The lowest BCUT2D eigenvalue weighted by molar-refractivity contribution is 0.201. The molecule has 8 rings (SSSR count). The molecule has 3 aliphatic rings. The van der Waals surface area contributed by atoms with Gasteiger partial charge in [0, 0.05) is 117 Å². The van der Waals surface area contributed by atoms with E-state index in [0.717, 1.165) is 126 Å². The fourth-order valence-electron chi connectivity index (χ4n) is 8.66. The van der Waals surface area contributed by atoms with Crippen LogP contribution in [0, 0.1) is 18.3 Å². The molecule has 0 amide bonds. The van der Waals surface area contributed by atoms with E-state index in [4.69, 9.17) is 9.97 Å². The van der Waals surface area contributed by atoms with E-state index in [2.05, 4.69) is 158 Å². The smallest absolute Gasteiger partial charge is 0.173 e. The lowest BCUT2D eigenvalue weighted by Gasteiger charge is -2.39. The Labute approximate surface area is 373 Å². The molecule has 0 bridgehead atoms. The average Bonchev–Trinajstić information content (AvgIpc) is 3.99. The molecule has 2 fully saturated rings. The number of hydrogen-bond donors (Lipinski definition) is 2. The third-order valence-corrected chi connectivity index (χ3v) is 12.7. The number of H-pyrrole nitrogens is 1. The van der Waals surface area contributed by atoms with Gasteiger partial charge in [-0.3, -0.25) is 14.9 Å². The molecule has 0 spiro atoms. The van der Waals surface area contributed by atoms with Gasteiger partial charge in [-0.15, -0.1) is 6.58 Å². The summed E-state index contributed by atoms with van der Waals surface area (Å²) in [5, 5.41) is 4.16. The average molecular weight is 843 g/mol. The van der Waals surface area contributed by atoms with E-state index in [0.29, 0.717) is 18.1 Å². The predicted molar refractivity (Wildman–Crippen MR) is 264 cm³/mol. The summed E-state index contributed by atoms with van der Waals surface area (Å²) >= 11 is 0. The summed E-state index contributed by atoms with van der Waals surface area (Å²) in [5.74, 6) is 3.26. The van der Waals surface area contributed by atoms with Crippen LogP contribution in [0.15, 0.2) is 125 Å². The zero-order chi connectivity index (χ0) is 44.1. The summed E-state index contributed by atoms with van der Waals surface area (Å²) in [4.78, 5) is 41.4. The second-order valence-electron chi connectivity index (χ2n) is 18.0. The number of amidine groups is 1. The Balaban J connectivity index is 0.830. The summed E-state index contributed by atoms with van der Waals surface area (Å²) in [6.45, 7) is 29.6. The molecule has 2 N–H and O–H groups in total. The normalized spacial score (nSPS) is 16.4. The SMILES string of the molecule is C=CCCN(C(=C)NC)c1ccc(N2CCC(CN3CCN(c4ccc(-c5cc6c(-c7ccc(/C=N/C(=C)C8=NCC(C(C)(C)C)=N8)c(C)c7)ncnc6[nH]5)cn4)CC3)CC2)cc1. The second-order valence-corrected chi connectivity index (χ2v) is 18.0. The van der Waals surface area contributed by atoms with Crippen LogP contribution in [0.25, 0.3) is 33.5 Å². The minimum atomic E-state index is -0.0256. The molecule has 12 heteroatoms. The van der Waals surface area contributed by atoms with Gasteiger partial charge in [0.05, 0.1) is 18.1 Å². The molecule has 3 aliphatic heterocycles. The molecule has 0 radical (unpaired) electrons. The maximum absolute atomic E-state index is 4.94. The maximum Gasteiger partial charge on any atom is 0.173 e. The van der Waals surface area contributed by atoms with Crippen LogP contribution >= 0.6 is 0 Å². The first-order valence-corrected chi connectivity index (χ1v) is 22.3. The van der Waals surface area contributed by atoms with Crippen LogP contribution < -0.4 is 20.0 Å². The molecule has 0 atom stereocenters. The van der Waals surface area contributed by atoms with Crippen molar-refractivity contribution in [3.8, 4) is 22.5 Å². The second kappa shape index (κ2) is 18.9. The summed E-state index contributed by atoms with van der Waals surface area (Å²) < 4.78 is 0. The molecule has 2 aromatic carbocycles. The Hall–Kier alpha value is -6.40. The Morgan fingerprint density at radius 2 is 1.68 bits per heavy atom. The standard InChI is InChI=1S/C51H62N12/c1-9-10-21-63(37(4)52-8)43-16-14-42(15-17-43)61-22-19-38(20-23-61)33-60-24-26-62(27-25-60)47-18-13-41(31-54-47)45-29-44-48(56-34-57-50(44)58-45)39-11-12-40(35(2)28-39)30-53-36(3)49-55-32-46(59-49)51(5,6)7/h9,11-18,28-31,34,38,52H,1,3-4,10,19-27,32-33H2,2,5-8H3,(H,56,57,58)/b53-30+. The van der Waals surface area contributed by atoms with Gasteiger partial charge in [0.25, 0.3) is 0 Å². The first kappa shape index (κ1) is 43.3. The van der Waals surface area contributed by atoms with Crippen molar-refractivity contribution in [2.45, 2.75) is 47.0 Å². The number of aryl methyl sites for hydroxylation is 1. The highest BCUT2D eigenvalue weighted by Crippen LogP contribution is 2.32. The molecule has 12 nitrogen and oxygen atoms in total. The van der Waals surface area contributed by atoms with E-state index in [1.807, 2.05) is 25.5 Å². The molecule has 2 saturated heterocycles. The number of pyridine rings is 1. The van der Waals surface area contributed by atoms with Crippen molar-refractivity contribution in [1.82, 2.24) is 30.2 Å². The number of nitrogens with zero attached hydrogens (tertiary/aromatic N) is 10. The van der Waals surface area contributed by atoms with E-state index in [-0.39, 0.29) is 5.41 Å². The highest BCUT2D eigenvalue weighted by molar-refractivity contribution is 6.13. The number of aromatic amines is 1. The third kappa shape index (κ3) is 9.97. The largest absolute Gasteiger partial charge is 0.375 e. The zero-order valence-corrected chi connectivity index (χ0v) is 37.7. The van der Waals surface area contributed by atoms with Crippen LogP contribution in [0.5, 0.6) is 0 Å². The molecule has 0 saturated carbocycles. The van der Waals surface area contributed by atoms with Gasteiger partial charge in [-0.1, -0.05) is 52.1 Å². The Bertz CT molecular complexity index is 2520. The first-order chi connectivity index (χ1) is 30.5. The fourth-order valence-corrected chi connectivity index (χ4v) is 8.66. The summed E-state index contributed by atoms with van der Waals surface area (Å²) in [6.07, 6.45) is 10.7. The Morgan fingerprint density at radius 3 is 2.35 bits per heavy atom. The van der Waals surface area contributed by atoms with Gasteiger partial charge >= 0.3 is 0 Å². The van der Waals surface area contributed by atoms with Crippen molar-refractivity contribution >= 4 is 46.0 Å². The van der Waals surface area contributed by atoms with Crippen LogP contribution in [0.2, 0.25) is 0 Å². The zero-order valence-electron chi connectivity index (χ0n) is 37.7. The number of benzene rings is 2. The molecule has 326 valence electrons. The Morgan fingerprint density at radius 1 is 0.921 bits per heavy atom. The van der Waals surface area contributed by atoms with Crippen molar-refractivity contribution in [2.75, 3.05) is 80.7 Å². The molecule has 63 heavy (non-hydrogen) atoms. The lowest BCUT2D eigenvalue weighted by atomic mass is 9.90. The van der Waals surface area contributed by atoms with E-state index in [1.165, 1.54) is 25.1 Å². The number of nitrogens with one attached hydrogen (secondary N) is 2. The summed E-state index contributed by atoms with van der Waals surface area (Å²) in [6, 6.07) is 21.7. The highest BCUT2D eigenvalue weighted by Gasteiger charge is 2.26.